The van der Waals surface area contributed by atoms with Crippen molar-refractivity contribution in [3.05, 3.63) is 35.1 Å². The van der Waals surface area contributed by atoms with Gasteiger partial charge in [0.05, 0.1) is 5.56 Å². The Kier molecular flexibility index (Phi) is 3.74. The average Bonchev–Trinajstić information content (AvgIpc) is 2.80. The topological polar surface area (TPSA) is 32.3 Å². The fraction of sp³-hybridized carbons (Fsp3) is 0.562. The second-order valence-electron chi connectivity index (χ2n) is 5.98. The molecule has 0 bridgehead atoms. The molecule has 4 heteroatoms. The molecule has 2 atom stereocenters. The number of aryl methyl sites for hydroxylation is 1. The van der Waals surface area contributed by atoms with E-state index in [0.29, 0.717) is 17.4 Å². The molecule has 0 spiro atoms. The largest absolute Gasteiger partial charge is 0.339 e. The second-order valence-corrected chi connectivity index (χ2v) is 5.98. The van der Waals surface area contributed by atoms with Gasteiger partial charge in [-0.05, 0) is 56.3 Å². The van der Waals surface area contributed by atoms with Gasteiger partial charge in [-0.1, -0.05) is 12.1 Å². The summed E-state index contributed by atoms with van der Waals surface area (Å²) in [7, 11) is 0. The molecule has 0 radical (unpaired) electrons. The number of likely N-dealkylation sites (tertiary alicyclic amines) is 1. The summed E-state index contributed by atoms with van der Waals surface area (Å²) in [6.45, 7) is 5.31. The monoisotopic (exact) mass is 276 g/mol. The molecule has 108 valence electrons. The zero-order valence-electron chi connectivity index (χ0n) is 11.9. The molecule has 2 aliphatic heterocycles. The lowest BCUT2D eigenvalue weighted by Gasteiger charge is -2.21. The molecule has 0 unspecified atom stereocenters. The number of carbonyl (C=O) groups is 1. The SMILES string of the molecule is Cc1cccc(C(=O)N2CC[C@@H]3CNC[C@@H]3CC2)c1F. The minimum Gasteiger partial charge on any atom is -0.339 e. The summed E-state index contributed by atoms with van der Waals surface area (Å²) in [5.74, 6) is 0.827. The number of nitrogens with one attached hydrogen (secondary N) is 1. The van der Waals surface area contributed by atoms with Crippen LogP contribution in [0.1, 0.15) is 28.8 Å². The van der Waals surface area contributed by atoms with Crippen LogP contribution >= 0.6 is 0 Å². The first-order valence-electron chi connectivity index (χ1n) is 7.42. The van der Waals surface area contributed by atoms with Crippen LogP contribution < -0.4 is 5.32 Å². The summed E-state index contributed by atoms with van der Waals surface area (Å²) >= 11 is 0. The van der Waals surface area contributed by atoms with E-state index in [1.54, 1.807) is 25.1 Å². The standard InChI is InChI=1S/C16H21FN2O/c1-11-3-2-4-14(15(11)17)16(20)19-7-5-12-9-18-10-13(12)6-8-19/h2-4,12-13,18H,5-10H2,1H3/t12-,13+. The minimum absolute atomic E-state index is 0.154. The molecule has 1 aromatic carbocycles. The van der Waals surface area contributed by atoms with Crippen molar-refractivity contribution in [3.8, 4) is 0 Å². The third-order valence-corrected chi connectivity index (χ3v) is 4.73. The highest BCUT2D eigenvalue weighted by atomic mass is 19.1. The first kappa shape index (κ1) is 13.6. The summed E-state index contributed by atoms with van der Waals surface area (Å²) in [6, 6.07) is 5.05. The molecule has 1 N–H and O–H groups in total. The first-order chi connectivity index (χ1) is 9.66. The molecule has 2 fully saturated rings. The highest BCUT2D eigenvalue weighted by Crippen LogP contribution is 2.28. The van der Waals surface area contributed by atoms with Crippen molar-refractivity contribution >= 4 is 5.91 Å². The molecule has 2 heterocycles. The summed E-state index contributed by atoms with van der Waals surface area (Å²) < 4.78 is 14.1. The van der Waals surface area contributed by atoms with Gasteiger partial charge < -0.3 is 10.2 Å². The van der Waals surface area contributed by atoms with E-state index in [4.69, 9.17) is 0 Å². The first-order valence-corrected chi connectivity index (χ1v) is 7.42. The van der Waals surface area contributed by atoms with E-state index < -0.39 is 0 Å². The number of carbonyl (C=O) groups excluding carboxylic acids is 1. The van der Waals surface area contributed by atoms with Gasteiger partial charge in [0.15, 0.2) is 0 Å². The molecule has 20 heavy (non-hydrogen) atoms. The third-order valence-electron chi connectivity index (χ3n) is 4.73. The van der Waals surface area contributed by atoms with Gasteiger partial charge in [-0.25, -0.2) is 4.39 Å². The van der Waals surface area contributed by atoms with E-state index in [1.165, 1.54) is 0 Å². The molecule has 2 saturated heterocycles. The Hall–Kier alpha value is -1.42. The minimum atomic E-state index is -0.372. The molecule has 0 aliphatic carbocycles. The Labute approximate surface area is 119 Å². The molecule has 1 amide bonds. The van der Waals surface area contributed by atoms with E-state index in [2.05, 4.69) is 5.32 Å². The number of halogens is 1. The number of rotatable bonds is 1. The van der Waals surface area contributed by atoms with Crippen LogP contribution in [0.2, 0.25) is 0 Å². The van der Waals surface area contributed by atoms with Crippen molar-refractivity contribution in [2.45, 2.75) is 19.8 Å². The maximum Gasteiger partial charge on any atom is 0.256 e. The van der Waals surface area contributed by atoms with Gasteiger partial charge in [-0.2, -0.15) is 0 Å². The van der Waals surface area contributed by atoms with E-state index in [1.807, 2.05) is 4.90 Å². The molecule has 3 nitrogen and oxygen atoms in total. The fourth-order valence-corrected chi connectivity index (χ4v) is 3.40. The second kappa shape index (κ2) is 5.52. The van der Waals surface area contributed by atoms with Crippen LogP contribution in [-0.2, 0) is 0 Å². The maximum atomic E-state index is 14.1. The molecular formula is C16H21FN2O. The van der Waals surface area contributed by atoms with E-state index >= 15 is 0 Å². The highest BCUT2D eigenvalue weighted by molar-refractivity contribution is 5.94. The smallest absolute Gasteiger partial charge is 0.256 e. The predicted octanol–water partition coefficient (Wildman–Crippen LogP) is 2.21. The van der Waals surface area contributed by atoms with Crippen molar-refractivity contribution in [3.63, 3.8) is 0 Å². The van der Waals surface area contributed by atoms with Crippen molar-refractivity contribution in [2.75, 3.05) is 26.2 Å². The fourth-order valence-electron chi connectivity index (χ4n) is 3.40. The molecule has 1 aromatic rings. The Balaban J connectivity index is 1.75. The lowest BCUT2D eigenvalue weighted by Crippen LogP contribution is -2.33. The van der Waals surface area contributed by atoms with Gasteiger partial charge in [-0.15, -0.1) is 0 Å². The number of amides is 1. The van der Waals surface area contributed by atoms with Gasteiger partial charge in [0.25, 0.3) is 5.91 Å². The Morgan fingerprint density at radius 1 is 1.25 bits per heavy atom. The number of benzene rings is 1. The lowest BCUT2D eigenvalue weighted by molar-refractivity contribution is 0.0753. The van der Waals surface area contributed by atoms with Crippen LogP contribution in [-0.4, -0.2) is 37.0 Å². The van der Waals surface area contributed by atoms with Crippen molar-refractivity contribution in [1.82, 2.24) is 10.2 Å². The average molecular weight is 276 g/mol. The van der Waals surface area contributed by atoms with E-state index in [9.17, 15) is 9.18 Å². The lowest BCUT2D eigenvalue weighted by atomic mass is 9.92. The molecule has 0 saturated carbocycles. The molecule has 2 aliphatic rings. The highest BCUT2D eigenvalue weighted by Gasteiger charge is 2.32. The van der Waals surface area contributed by atoms with Crippen molar-refractivity contribution in [2.24, 2.45) is 11.8 Å². The van der Waals surface area contributed by atoms with Gasteiger partial charge in [0.2, 0.25) is 0 Å². The van der Waals surface area contributed by atoms with Crippen LogP contribution in [0.4, 0.5) is 4.39 Å². The number of hydrogen-bond acceptors (Lipinski definition) is 2. The Bertz CT molecular complexity index is 503. The predicted molar refractivity (Wildman–Crippen MR) is 76.1 cm³/mol. The van der Waals surface area contributed by atoms with Crippen molar-refractivity contribution < 1.29 is 9.18 Å². The van der Waals surface area contributed by atoms with Crippen LogP contribution in [0.3, 0.4) is 0 Å². The van der Waals surface area contributed by atoms with E-state index in [-0.39, 0.29) is 17.3 Å². The molecule has 3 rings (SSSR count). The van der Waals surface area contributed by atoms with Crippen LogP contribution in [0.25, 0.3) is 0 Å². The van der Waals surface area contributed by atoms with Gasteiger partial charge in [0.1, 0.15) is 5.82 Å². The zero-order chi connectivity index (χ0) is 14.1. The summed E-state index contributed by atoms with van der Waals surface area (Å²) in [5, 5.41) is 3.42. The number of nitrogens with zero attached hydrogens (tertiary/aromatic N) is 1. The molecular weight excluding hydrogens is 255 g/mol. The molecule has 0 aromatic heterocycles. The Morgan fingerprint density at radius 3 is 2.55 bits per heavy atom. The van der Waals surface area contributed by atoms with Crippen molar-refractivity contribution in [1.29, 1.82) is 0 Å². The summed E-state index contributed by atoms with van der Waals surface area (Å²) in [6.07, 6.45) is 2.05. The Morgan fingerprint density at radius 2 is 1.90 bits per heavy atom. The quantitative estimate of drug-likeness (QED) is 0.853. The van der Waals surface area contributed by atoms with Crippen LogP contribution in [0.15, 0.2) is 18.2 Å². The number of hydrogen-bond donors (Lipinski definition) is 1. The van der Waals surface area contributed by atoms with Crippen LogP contribution in [0, 0.1) is 24.6 Å². The van der Waals surface area contributed by atoms with Crippen LogP contribution in [0.5, 0.6) is 0 Å². The van der Waals surface area contributed by atoms with Gasteiger partial charge in [0, 0.05) is 13.1 Å². The number of fused-ring (bicyclic) bond motifs is 1. The van der Waals surface area contributed by atoms with E-state index in [0.717, 1.165) is 39.0 Å². The normalized spacial score (nSPS) is 26.2. The van der Waals surface area contributed by atoms with Gasteiger partial charge in [-0.3, -0.25) is 4.79 Å². The summed E-state index contributed by atoms with van der Waals surface area (Å²) in [5.41, 5.74) is 0.752. The van der Waals surface area contributed by atoms with Gasteiger partial charge >= 0.3 is 0 Å². The summed E-state index contributed by atoms with van der Waals surface area (Å²) in [4.78, 5) is 14.3. The zero-order valence-corrected chi connectivity index (χ0v) is 11.9. The maximum absolute atomic E-state index is 14.1. The third kappa shape index (κ3) is 2.44.